The number of carbonyl (C=O) groups is 2. The van der Waals surface area contributed by atoms with Crippen molar-refractivity contribution in [3.05, 3.63) is 34.9 Å². The minimum atomic E-state index is -1.04. The molecule has 0 aromatic heterocycles. The van der Waals surface area contributed by atoms with E-state index in [4.69, 9.17) is 28.3 Å². The summed E-state index contributed by atoms with van der Waals surface area (Å²) >= 11 is 10.9. The van der Waals surface area contributed by atoms with Crippen LogP contribution in [0.1, 0.15) is 5.56 Å². The zero-order valence-electron chi connectivity index (χ0n) is 8.82. The number of hydrogen-bond donors (Lipinski definition) is 2. The quantitative estimate of drug-likeness (QED) is 0.776. The largest absolute Gasteiger partial charge is 0.480 e. The molecule has 1 atom stereocenters. The first-order chi connectivity index (χ1) is 7.99. The van der Waals surface area contributed by atoms with Gasteiger partial charge in [-0.25, -0.2) is 0 Å². The third-order valence-corrected chi connectivity index (χ3v) is 2.48. The van der Waals surface area contributed by atoms with Crippen molar-refractivity contribution in [1.82, 2.24) is 5.32 Å². The Morgan fingerprint density at radius 1 is 1.41 bits per heavy atom. The average molecular weight is 276 g/mol. The molecule has 92 valence electrons. The van der Waals surface area contributed by atoms with E-state index in [9.17, 15) is 9.59 Å². The zero-order chi connectivity index (χ0) is 12.8. The molecule has 17 heavy (non-hydrogen) atoms. The minimum Gasteiger partial charge on any atom is -0.480 e. The van der Waals surface area contributed by atoms with Gasteiger partial charge < -0.3 is 5.11 Å². The number of carbonyl (C=O) groups excluding carboxylic acids is 1. The molecule has 0 amide bonds. The molecule has 0 radical (unpaired) electrons. The Morgan fingerprint density at radius 2 is 2.12 bits per heavy atom. The number of benzene rings is 1. The fourth-order valence-electron chi connectivity index (χ4n) is 1.35. The monoisotopic (exact) mass is 275 g/mol. The van der Waals surface area contributed by atoms with E-state index < -0.39 is 17.3 Å². The van der Waals surface area contributed by atoms with Crippen molar-refractivity contribution in [2.24, 2.45) is 0 Å². The third-order valence-electron chi connectivity index (χ3n) is 2.11. The van der Waals surface area contributed by atoms with E-state index in [0.717, 1.165) is 5.56 Å². The maximum absolute atomic E-state index is 11.0. The van der Waals surface area contributed by atoms with Crippen LogP contribution in [0.25, 0.3) is 0 Å². The van der Waals surface area contributed by atoms with Gasteiger partial charge in [-0.3, -0.25) is 14.9 Å². The first kappa shape index (κ1) is 14.0. The second-order valence-corrected chi connectivity index (χ2v) is 4.32. The summed E-state index contributed by atoms with van der Waals surface area (Å²) in [5.41, 5.74) is 0.777. The van der Waals surface area contributed by atoms with Gasteiger partial charge in [0.05, 0.1) is 6.54 Å². The van der Waals surface area contributed by atoms with Crippen molar-refractivity contribution in [2.45, 2.75) is 12.5 Å². The molecule has 4 nitrogen and oxygen atoms in total. The normalized spacial score (nSPS) is 12.1. The van der Waals surface area contributed by atoms with Crippen molar-refractivity contribution in [3.8, 4) is 0 Å². The summed E-state index contributed by atoms with van der Waals surface area (Å²) in [4.78, 5) is 21.5. The molecule has 0 aliphatic rings. The van der Waals surface area contributed by atoms with Crippen LogP contribution in [-0.2, 0) is 16.0 Å². The number of aliphatic carboxylic acids is 1. The highest BCUT2D eigenvalue weighted by molar-refractivity contribution is 6.64. The van der Waals surface area contributed by atoms with Crippen molar-refractivity contribution >= 4 is 34.4 Å². The first-order valence-corrected chi connectivity index (χ1v) is 5.63. The smallest absolute Gasteiger partial charge is 0.321 e. The molecule has 0 heterocycles. The second-order valence-electron chi connectivity index (χ2n) is 3.46. The van der Waals surface area contributed by atoms with Gasteiger partial charge in [-0.1, -0.05) is 23.7 Å². The summed E-state index contributed by atoms with van der Waals surface area (Å²) in [6, 6.07) is 6.03. The van der Waals surface area contributed by atoms with Crippen molar-refractivity contribution in [2.75, 3.05) is 6.54 Å². The molecule has 0 fully saturated rings. The molecule has 0 spiro atoms. The molecule has 0 saturated heterocycles. The van der Waals surface area contributed by atoms with Gasteiger partial charge in [0.15, 0.2) is 0 Å². The maximum atomic E-state index is 11.0. The van der Waals surface area contributed by atoms with Crippen LogP contribution >= 0.6 is 23.2 Å². The van der Waals surface area contributed by atoms with E-state index in [0.29, 0.717) is 5.02 Å². The van der Waals surface area contributed by atoms with Crippen molar-refractivity contribution in [1.29, 1.82) is 0 Å². The number of carboxylic acids is 1. The fraction of sp³-hybridized carbons (Fsp3) is 0.273. The van der Waals surface area contributed by atoms with Crippen molar-refractivity contribution in [3.63, 3.8) is 0 Å². The molecule has 0 aliphatic heterocycles. The van der Waals surface area contributed by atoms with Crippen LogP contribution in [0.15, 0.2) is 24.3 Å². The van der Waals surface area contributed by atoms with Crippen LogP contribution < -0.4 is 5.32 Å². The Bertz CT molecular complexity index is 423. The molecular weight excluding hydrogens is 265 g/mol. The molecule has 0 aliphatic carbocycles. The Kier molecular flexibility index (Phi) is 5.41. The second kappa shape index (κ2) is 6.59. The van der Waals surface area contributed by atoms with Gasteiger partial charge in [0.25, 0.3) is 0 Å². The standard InChI is InChI=1S/C11H11Cl2NO3/c12-8-3-1-2-7(4-8)5-9(11(16)17)14-6-10(13)15/h1-4,9,14H,5-6H2,(H,16,17)/t9-/m0/s1. The molecule has 0 unspecified atom stereocenters. The highest BCUT2D eigenvalue weighted by Gasteiger charge is 2.18. The summed E-state index contributed by atoms with van der Waals surface area (Å²) in [5.74, 6) is -1.04. The topological polar surface area (TPSA) is 66.4 Å². The average Bonchev–Trinajstić information content (AvgIpc) is 2.23. The molecule has 0 saturated carbocycles. The predicted octanol–water partition coefficient (Wildman–Crippen LogP) is 1.69. The summed E-state index contributed by atoms with van der Waals surface area (Å²) in [6.07, 6.45) is 0.236. The van der Waals surface area contributed by atoms with E-state index in [-0.39, 0.29) is 13.0 Å². The van der Waals surface area contributed by atoms with E-state index in [1.165, 1.54) is 0 Å². The van der Waals surface area contributed by atoms with E-state index in [1.54, 1.807) is 24.3 Å². The van der Waals surface area contributed by atoms with Crippen LogP contribution in [0.3, 0.4) is 0 Å². The van der Waals surface area contributed by atoms with E-state index in [2.05, 4.69) is 5.32 Å². The molecule has 1 aromatic carbocycles. The Labute approximate surface area is 109 Å². The van der Waals surface area contributed by atoms with Gasteiger partial charge in [0.1, 0.15) is 6.04 Å². The Balaban J connectivity index is 2.66. The van der Waals surface area contributed by atoms with Gasteiger partial charge >= 0.3 is 5.97 Å². The molecule has 0 bridgehead atoms. The lowest BCUT2D eigenvalue weighted by Crippen LogP contribution is -2.40. The van der Waals surface area contributed by atoms with Gasteiger partial charge in [-0.2, -0.15) is 0 Å². The molecule has 2 N–H and O–H groups in total. The number of halogens is 2. The highest BCUT2D eigenvalue weighted by Crippen LogP contribution is 2.12. The predicted molar refractivity (Wildman–Crippen MR) is 65.4 cm³/mol. The number of hydrogen-bond acceptors (Lipinski definition) is 3. The maximum Gasteiger partial charge on any atom is 0.321 e. The molecular formula is C11H11Cl2NO3. The van der Waals surface area contributed by atoms with Gasteiger partial charge in [0.2, 0.25) is 5.24 Å². The van der Waals surface area contributed by atoms with Crippen LogP contribution in [0.5, 0.6) is 0 Å². The SMILES string of the molecule is O=C(Cl)CN[C@@H](Cc1cccc(Cl)c1)C(=O)O. The molecule has 1 rings (SSSR count). The van der Waals surface area contributed by atoms with E-state index in [1.807, 2.05) is 0 Å². The minimum absolute atomic E-state index is 0.181. The van der Waals surface area contributed by atoms with Gasteiger partial charge in [-0.05, 0) is 35.7 Å². The zero-order valence-corrected chi connectivity index (χ0v) is 10.3. The molecule has 1 aromatic rings. The summed E-state index contributed by atoms with van der Waals surface area (Å²) in [5, 5.41) is 11.4. The lowest BCUT2D eigenvalue weighted by atomic mass is 10.1. The molecule has 6 heteroatoms. The van der Waals surface area contributed by atoms with Gasteiger partial charge in [0, 0.05) is 5.02 Å². The summed E-state index contributed by atoms with van der Waals surface area (Å²) < 4.78 is 0. The Morgan fingerprint density at radius 3 is 2.65 bits per heavy atom. The van der Waals surface area contributed by atoms with Crippen LogP contribution in [0, 0.1) is 0 Å². The summed E-state index contributed by atoms with van der Waals surface area (Å²) in [7, 11) is 0. The van der Waals surface area contributed by atoms with Crippen LogP contribution in [0.2, 0.25) is 5.02 Å². The van der Waals surface area contributed by atoms with Gasteiger partial charge in [-0.15, -0.1) is 0 Å². The van der Waals surface area contributed by atoms with E-state index >= 15 is 0 Å². The number of rotatable bonds is 6. The first-order valence-electron chi connectivity index (χ1n) is 4.88. The van der Waals surface area contributed by atoms with Crippen LogP contribution in [0.4, 0.5) is 0 Å². The number of carboxylic acid groups (broad SMARTS) is 1. The number of nitrogens with one attached hydrogen (secondary N) is 1. The van der Waals surface area contributed by atoms with Crippen LogP contribution in [-0.4, -0.2) is 28.9 Å². The lowest BCUT2D eigenvalue weighted by molar-refractivity contribution is -0.139. The third kappa shape index (κ3) is 5.17. The lowest BCUT2D eigenvalue weighted by Gasteiger charge is -2.13. The highest BCUT2D eigenvalue weighted by atomic mass is 35.5. The Hall–Kier alpha value is -1.10. The fourth-order valence-corrected chi connectivity index (χ4v) is 1.64. The van der Waals surface area contributed by atoms with Crippen molar-refractivity contribution < 1.29 is 14.7 Å². The summed E-state index contributed by atoms with van der Waals surface area (Å²) in [6.45, 7) is -0.181.